The summed E-state index contributed by atoms with van der Waals surface area (Å²) in [6, 6.07) is 17.0. The van der Waals surface area contributed by atoms with Crippen LogP contribution in [0.3, 0.4) is 0 Å². The second-order valence-corrected chi connectivity index (χ2v) is 6.23. The number of ether oxygens (including phenoxy) is 2. The molecule has 0 aliphatic rings. The van der Waals surface area contributed by atoms with E-state index in [1.54, 1.807) is 14.2 Å². The molecule has 0 amide bonds. The SMILES string of the molecule is C.COc1ccc(CC(C)CCCCc2ccccc2)cc1OC. The first-order valence-electron chi connectivity index (χ1n) is 8.47. The summed E-state index contributed by atoms with van der Waals surface area (Å²) in [5, 5.41) is 0. The zero-order valence-electron chi connectivity index (χ0n) is 14.5. The average Bonchev–Trinajstić information content (AvgIpc) is 2.59. The molecule has 2 rings (SSSR count). The Kier molecular flexibility index (Phi) is 8.99. The predicted octanol–water partition coefficient (Wildman–Crippen LogP) is 5.93. The molecule has 1 unspecified atom stereocenters. The van der Waals surface area contributed by atoms with Gasteiger partial charge in [-0.15, -0.1) is 0 Å². The van der Waals surface area contributed by atoms with E-state index in [0.29, 0.717) is 5.92 Å². The van der Waals surface area contributed by atoms with E-state index in [1.165, 1.54) is 36.8 Å². The average molecular weight is 328 g/mol. The third-order valence-corrected chi connectivity index (χ3v) is 4.29. The van der Waals surface area contributed by atoms with Crippen molar-refractivity contribution in [3.05, 3.63) is 59.7 Å². The number of benzene rings is 2. The first kappa shape index (κ1) is 20.1. The summed E-state index contributed by atoms with van der Waals surface area (Å²) in [5.41, 5.74) is 2.76. The molecule has 0 aliphatic carbocycles. The summed E-state index contributed by atoms with van der Waals surface area (Å²) in [6.45, 7) is 2.33. The van der Waals surface area contributed by atoms with Crippen LogP contribution in [0.25, 0.3) is 0 Å². The fourth-order valence-corrected chi connectivity index (χ4v) is 2.98. The van der Waals surface area contributed by atoms with Crippen molar-refractivity contribution in [2.45, 2.75) is 46.5 Å². The number of methoxy groups -OCH3 is 2. The minimum atomic E-state index is 0. The van der Waals surface area contributed by atoms with E-state index >= 15 is 0 Å². The lowest BCUT2D eigenvalue weighted by Crippen LogP contribution is -2.01. The summed E-state index contributed by atoms with van der Waals surface area (Å²) in [6.07, 6.45) is 6.08. The first-order chi connectivity index (χ1) is 11.2. The van der Waals surface area contributed by atoms with Crippen LogP contribution in [-0.2, 0) is 12.8 Å². The molecule has 0 saturated heterocycles. The van der Waals surface area contributed by atoms with E-state index in [4.69, 9.17) is 9.47 Å². The number of aryl methyl sites for hydroxylation is 1. The van der Waals surface area contributed by atoms with Crippen LogP contribution >= 0.6 is 0 Å². The van der Waals surface area contributed by atoms with Crippen molar-refractivity contribution in [3.63, 3.8) is 0 Å². The molecule has 1 atom stereocenters. The van der Waals surface area contributed by atoms with Gasteiger partial charge in [-0.2, -0.15) is 0 Å². The van der Waals surface area contributed by atoms with Gasteiger partial charge in [-0.3, -0.25) is 0 Å². The van der Waals surface area contributed by atoms with Gasteiger partial charge in [0.15, 0.2) is 11.5 Å². The number of hydrogen-bond acceptors (Lipinski definition) is 2. The van der Waals surface area contributed by atoms with Crippen LogP contribution in [0.1, 0.15) is 44.7 Å². The van der Waals surface area contributed by atoms with Crippen molar-refractivity contribution in [1.82, 2.24) is 0 Å². The van der Waals surface area contributed by atoms with Crippen LogP contribution in [0, 0.1) is 5.92 Å². The second kappa shape index (κ2) is 10.7. The monoisotopic (exact) mass is 328 g/mol. The van der Waals surface area contributed by atoms with Crippen LogP contribution in [0.15, 0.2) is 48.5 Å². The van der Waals surface area contributed by atoms with Crippen LogP contribution in [0.2, 0.25) is 0 Å². The fourth-order valence-electron chi connectivity index (χ4n) is 2.98. The summed E-state index contributed by atoms with van der Waals surface area (Å²) in [4.78, 5) is 0. The van der Waals surface area contributed by atoms with Crippen LogP contribution < -0.4 is 9.47 Å². The normalized spacial score (nSPS) is 11.5. The molecule has 0 aromatic heterocycles. The zero-order chi connectivity index (χ0) is 16.5. The summed E-state index contributed by atoms with van der Waals surface area (Å²) in [7, 11) is 3.36. The molecule has 2 heteroatoms. The van der Waals surface area contributed by atoms with E-state index < -0.39 is 0 Å². The Labute approximate surface area is 147 Å². The number of rotatable bonds is 9. The predicted molar refractivity (Wildman–Crippen MR) is 103 cm³/mol. The zero-order valence-corrected chi connectivity index (χ0v) is 14.5. The molecule has 0 heterocycles. The maximum atomic E-state index is 5.38. The molecule has 0 aliphatic heterocycles. The quantitative estimate of drug-likeness (QED) is 0.531. The van der Waals surface area contributed by atoms with E-state index in [2.05, 4.69) is 49.4 Å². The van der Waals surface area contributed by atoms with E-state index in [1.807, 2.05) is 6.07 Å². The van der Waals surface area contributed by atoms with Crippen molar-refractivity contribution in [1.29, 1.82) is 0 Å². The molecular formula is C22H32O2. The van der Waals surface area contributed by atoms with E-state index in [9.17, 15) is 0 Å². The van der Waals surface area contributed by atoms with Crippen LogP contribution in [0.4, 0.5) is 0 Å². The van der Waals surface area contributed by atoms with Gasteiger partial charge in [-0.1, -0.05) is 63.6 Å². The third kappa shape index (κ3) is 6.27. The van der Waals surface area contributed by atoms with Crippen molar-refractivity contribution >= 4 is 0 Å². The highest BCUT2D eigenvalue weighted by Gasteiger charge is 2.08. The Hall–Kier alpha value is -1.96. The molecule has 0 spiro atoms. The van der Waals surface area contributed by atoms with Gasteiger partial charge in [0.2, 0.25) is 0 Å². The minimum absolute atomic E-state index is 0. The largest absolute Gasteiger partial charge is 0.493 e. The summed E-state index contributed by atoms with van der Waals surface area (Å²) < 4.78 is 10.7. The van der Waals surface area contributed by atoms with Crippen LogP contribution in [-0.4, -0.2) is 14.2 Å². The molecule has 2 aromatic rings. The molecule has 0 saturated carbocycles. The lowest BCUT2D eigenvalue weighted by atomic mass is 9.94. The van der Waals surface area contributed by atoms with Gasteiger partial charge in [-0.25, -0.2) is 0 Å². The topological polar surface area (TPSA) is 18.5 Å². The Morgan fingerprint density at radius 1 is 0.833 bits per heavy atom. The van der Waals surface area contributed by atoms with Gasteiger partial charge in [-0.05, 0) is 48.4 Å². The minimum Gasteiger partial charge on any atom is -0.493 e. The molecule has 0 bridgehead atoms. The van der Waals surface area contributed by atoms with E-state index in [-0.39, 0.29) is 7.43 Å². The summed E-state index contributed by atoms with van der Waals surface area (Å²) >= 11 is 0. The highest BCUT2D eigenvalue weighted by atomic mass is 16.5. The Balaban J connectivity index is 0.00000288. The highest BCUT2D eigenvalue weighted by molar-refractivity contribution is 5.42. The molecule has 2 aromatic carbocycles. The van der Waals surface area contributed by atoms with Crippen molar-refractivity contribution in [3.8, 4) is 11.5 Å². The second-order valence-electron chi connectivity index (χ2n) is 6.23. The molecule has 132 valence electrons. The molecule has 0 N–H and O–H groups in total. The number of hydrogen-bond donors (Lipinski definition) is 0. The van der Waals surface area contributed by atoms with E-state index in [0.717, 1.165) is 17.9 Å². The maximum Gasteiger partial charge on any atom is 0.160 e. The Morgan fingerprint density at radius 2 is 1.54 bits per heavy atom. The van der Waals surface area contributed by atoms with Crippen molar-refractivity contribution < 1.29 is 9.47 Å². The Bertz CT molecular complexity index is 578. The highest BCUT2D eigenvalue weighted by Crippen LogP contribution is 2.29. The lowest BCUT2D eigenvalue weighted by molar-refractivity contribution is 0.354. The van der Waals surface area contributed by atoms with Gasteiger partial charge in [0.25, 0.3) is 0 Å². The van der Waals surface area contributed by atoms with Gasteiger partial charge in [0.1, 0.15) is 0 Å². The first-order valence-corrected chi connectivity index (χ1v) is 8.47. The Morgan fingerprint density at radius 3 is 2.21 bits per heavy atom. The number of unbranched alkanes of at least 4 members (excludes halogenated alkanes) is 1. The smallest absolute Gasteiger partial charge is 0.160 e. The van der Waals surface area contributed by atoms with Gasteiger partial charge < -0.3 is 9.47 Å². The molecule has 0 fully saturated rings. The van der Waals surface area contributed by atoms with Gasteiger partial charge in [0.05, 0.1) is 14.2 Å². The molecule has 0 radical (unpaired) electrons. The molecular weight excluding hydrogens is 296 g/mol. The maximum absolute atomic E-state index is 5.38. The van der Waals surface area contributed by atoms with Crippen molar-refractivity contribution in [2.75, 3.05) is 14.2 Å². The standard InChI is InChI=1S/C21H28O2.CH4/c1-17(9-7-8-12-18-10-5-4-6-11-18)15-19-13-14-20(22-2)21(16-19)23-3;/h4-6,10-11,13-14,16-17H,7-9,12,15H2,1-3H3;1H4. The van der Waals surface area contributed by atoms with Gasteiger partial charge in [0, 0.05) is 0 Å². The van der Waals surface area contributed by atoms with Gasteiger partial charge >= 0.3 is 0 Å². The third-order valence-electron chi connectivity index (χ3n) is 4.29. The lowest BCUT2D eigenvalue weighted by Gasteiger charge is -2.14. The molecule has 24 heavy (non-hydrogen) atoms. The van der Waals surface area contributed by atoms with Crippen LogP contribution in [0.5, 0.6) is 11.5 Å². The summed E-state index contributed by atoms with van der Waals surface area (Å²) in [5.74, 6) is 2.30. The fraction of sp³-hybridized carbons (Fsp3) is 0.455. The van der Waals surface area contributed by atoms with Crippen molar-refractivity contribution in [2.24, 2.45) is 5.92 Å². The molecule has 2 nitrogen and oxygen atoms in total.